The highest BCUT2D eigenvalue weighted by Gasteiger charge is 2.24. The molecule has 0 radical (unpaired) electrons. The summed E-state index contributed by atoms with van der Waals surface area (Å²) in [4.78, 5) is 22.0. The number of hydrogen-bond donors (Lipinski definition) is 1. The van der Waals surface area contributed by atoms with Crippen molar-refractivity contribution in [1.82, 2.24) is 0 Å². The second-order valence-electron chi connectivity index (χ2n) is 2.88. The minimum absolute atomic E-state index is 0.00168. The average Bonchev–Trinajstić information content (AvgIpc) is 2.16. The highest BCUT2D eigenvalue weighted by atomic mass is 16.7. The number of rotatable bonds is 1. The van der Waals surface area contributed by atoms with Crippen LogP contribution >= 0.6 is 0 Å². The van der Waals surface area contributed by atoms with Gasteiger partial charge in [0, 0.05) is 0 Å². The number of carbonyl (C=O) groups excluding carboxylic acids is 1. The Bertz CT molecular complexity index is 475. The first-order valence-electron chi connectivity index (χ1n) is 4.04. The van der Waals surface area contributed by atoms with Crippen LogP contribution in [0.2, 0.25) is 0 Å². The predicted octanol–water partition coefficient (Wildman–Crippen LogP) is 1.41. The van der Waals surface area contributed by atoms with E-state index < -0.39 is 11.9 Å². The molecule has 1 aromatic rings. The molecular weight excluding hydrogens is 200 g/mol. The highest BCUT2D eigenvalue weighted by Crippen LogP contribution is 2.27. The quantitative estimate of drug-likeness (QED) is 0.703. The van der Waals surface area contributed by atoms with Gasteiger partial charge in [0.25, 0.3) is 5.95 Å². The molecule has 0 aliphatic carbocycles. The van der Waals surface area contributed by atoms with Crippen LogP contribution in [0.5, 0.6) is 5.75 Å². The first-order chi connectivity index (χ1) is 7.08. The fraction of sp³-hybridized carbons (Fsp3) is 0. The number of esters is 1. The van der Waals surface area contributed by atoms with Crippen LogP contribution in [0.1, 0.15) is 20.7 Å². The zero-order valence-electron chi connectivity index (χ0n) is 7.52. The lowest BCUT2D eigenvalue weighted by Crippen LogP contribution is -2.16. The standard InChI is InChI=1S/C10H6O5/c1-5-14-8-3-2-6(9(11)12)4-7(8)10(13)15-5/h2-4H,1H2,(H,11,12). The molecule has 5 heteroatoms. The number of carboxylic acids is 1. The molecule has 0 fully saturated rings. The molecule has 0 atom stereocenters. The van der Waals surface area contributed by atoms with E-state index in [0.717, 1.165) is 0 Å². The van der Waals surface area contributed by atoms with Gasteiger partial charge in [0.15, 0.2) is 0 Å². The molecule has 76 valence electrons. The van der Waals surface area contributed by atoms with E-state index in [1.165, 1.54) is 18.2 Å². The molecule has 1 heterocycles. The minimum atomic E-state index is -1.12. The van der Waals surface area contributed by atoms with E-state index in [-0.39, 0.29) is 22.8 Å². The molecule has 0 amide bonds. The molecule has 0 aromatic heterocycles. The van der Waals surface area contributed by atoms with E-state index in [1.54, 1.807) is 0 Å². The van der Waals surface area contributed by atoms with Gasteiger partial charge in [-0.15, -0.1) is 0 Å². The topological polar surface area (TPSA) is 72.8 Å². The number of fused-ring (bicyclic) bond motifs is 1. The van der Waals surface area contributed by atoms with Gasteiger partial charge in [0.05, 0.1) is 5.56 Å². The van der Waals surface area contributed by atoms with Crippen molar-refractivity contribution in [2.75, 3.05) is 0 Å². The summed E-state index contributed by atoms with van der Waals surface area (Å²) < 4.78 is 9.61. The number of cyclic esters (lactones) is 1. The van der Waals surface area contributed by atoms with Crippen molar-refractivity contribution in [3.63, 3.8) is 0 Å². The highest BCUT2D eigenvalue weighted by molar-refractivity contribution is 5.97. The smallest absolute Gasteiger partial charge is 0.349 e. The molecule has 0 unspecified atom stereocenters. The van der Waals surface area contributed by atoms with Crippen molar-refractivity contribution in [2.45, 2.75) is 0 Å². The van der Waals surface area contributed by atoms with Gasteiger partial charge in [-0.25, -0.2) is 9.59 Å². The van der Waals surface area contributed by atoms with Crippen LogP contribution in [0, 0.1) is 0 Å². The van der Waals surface area contributed by atoms with Crippen LogP contribution in [0.4, 0.5) is 0 Å². The summed E-state index contributed by atoms with van der Waals surface area (Å²) in [6, 6.07) is 3.93. The number of hydrogen-bond acceptors (Lipinski definition) is 4. The Morgan fingerprint density at radius 1 is 1.33 bits per heavy atom. The maximum absolute atomic E-state index is 11.3. The van der Waals surface area contributed by atoms with Crippen molar-refractivity contribution in [2.24, 2.45) is 0 Å². The van der Waals surface area contributed by atoms with Gasteiger partial charge in [-0.1, -0.05) is 0 Å². The number of benzene rings is 1. The van der Waals surface area contributed by atoms with Crippen LogP contribution in [0.15, 0.2) is 30.7 Å². The Morgan fingerprint density at radius 3 is 2.73 bits per heavy atom. The zero-order chi connectivity index (χ0) is 11.0. The third kappa shape index (κ3) is 1.54. The third-order valence-electron chi connectivity index (χ3n) is 1.88. The minimum Gasteiger partial charge on any atom is -0.478 e. The SMILES string of the molecule is C=C1OC(=O)c2cc(C(=O)O)ccc2O1. The van der Waals surface area contributed by atoms with Gasteiger partial charge in [-0.3, -0.25) is 0 Å². The van der Waals surface area contributed by atoms with Crippen LogP contribution in [0.25, 0.3) is 0 Å². The fourth-order valence-electron chi connectivity index (χ4n) is 1.21. The van der Waals surface area contributed by atoms with Gasteiger partial charge < -0.3 is 14.6 Å². The molecule has 1 aliphatic rings. The summed E-state index contributed by atoms with van der Waals surface area (Å²) in [6.07, 6.45) is 0. The van der Waals surface area contributed by atoms with E-state index in [2.05, 4.69) is 11.3 Å². The average molecular weight is 206 g/mol. The number of aromatic carboxylic acids is 1. The maximum Gasteiger partial charge on any atom is 0.349 e. The summed E-state index contributed by atoms with van der Waals surface area (Å²) in [6.45, 7) is 3.34. The summed E-state index contributed by atoms with van der Waals surface area (Å²) >= 11 is 0. The fourth-order valence-corrected chi connectivity index (χ4v) is 1.21. The Kier molecular flexibility index (Phi) is 1.93. The largest absolute Gasteiger partial charge is 0.478 e. The van der Waals surface area contributed by atoms with Crippen molar-refractivity contribution >= 4 is 11.9 Å². The number of carbonyl (C=O) groups is 2. The van der Waals surface area contributed by atoms with E-state index in [4.69, 9.17) is 9.84 Å². The van der Waals surface area contributed by atoms with E-state index in [0.29, 0.717) is 0 Å². The van der Waals surface area contributed by atoms with Gasteiger partial charge >= 0.3 is 11.9 Å². The lowest BCUT2D eigenvalue weighted by atomic mass is 10.1. The molecule has 2 rings (SSSR count). The van der Waals surface area contributed by atoms with E-state index in [1.807, 2.05) is 0 Å². The molecule has 0 bridgehead atoms. The second kappa shape index (κ2) is 3.13. The molecule has 0 saturated heterocycles. The molecule has 0 saturated carbocycles. The Morgan fingerprint density at radius 2 is 2.07 bits per heavy atom. The Balaban J connectivity index is 2.52. The van der Waals surface area contributed by atoms with Crippen molar-refractivity contribution in [3.8, 4) is 5.75 Å². The normalized spacial score (nSPS) is 13.9. The van der Waals surface area contributed by atoms with Crippen molar-refractivity contribution in [3.05, 3.63) is 41.9 Å². The van der Waals surface area contributed by atoms with Gasteiger partial charge in [0.2, 0.25) is 0 Å². The third-order valence-corrected chi connectivity index (χ3v) is 1.88. The molecular formula is C10H6O5. The first-order valence-corrected chi connectivity index (χ1v) is 4.04. The van der Waals surface area contributed by atoms with Crippen LogP contribution < -0.4 is 4.74 Å². The molecule has 0 spiro atoms. The Labute approximate surface area is 84.5 Å². The summed E-state index contributed by atoms with van der Waals surface area (Å²) in [5, 5.41) is 8.71. The number of ether oxygens (including phenoxy) is 2. The van der Waals surface area contributed by atoms with Crippen molar-refractivity contribution < 1.29 is 24.2 Å². The number of carboxylic acid groups (broad SMARTS) is 1. The molecule has 1 N–H and O–H groups in total. The van der Waals surface area contributed by atoms with Crippen LogP contribution in [-0.2, 0) is 4.74 Å². The van der Waals surface area contributed by atoms with Gasteiger partial charge in [-0.2, -0.15) is 0 Å². The summed E-state index contributed by atoms with van der Waals surface area (Å²) in [5.74, 6) is -1.64. The zero-order valence-corrected chi connectivity index (χ0v) is 7.52. The summed E-state index contributed by atoms with van der Waals surface area (Å²) in [7, 11) is 0. The second-order valence-corrected chi connectivity index (χ2v) is 2.88. The predicted molar refractivity (Wildman–Crippen MR) is 48.6 cm³/mol. The molecule has 5 nitrogen and oxygen atoms in total. The van der Waals surface area contributed by atoms with Gasteiger partial charge in [0.1, 0.15) is 11.3 Å². The van der Waals surface area contributed by atoms with E-state index >= 15 is 0 Å². The molecule has 1 aliphatic heterocycles. The van der Waals surface area contributed by atoms with Crippen molar-refractivity contribution in [1.29, 1.82) is 0 Å². The molecule has 15 heavy (non-hydrogen) atoms. The van der Waals surface area contributed by atoms with E-state index in [9.17, 15) is 9.59 Å². The monoisotopic (exact) mass is 206 g/mol. The van der Waals surface area contributed by atoms with Crippen LogP contribution in [0.3, 0.4) is 0 Å². The Hall–Kier alpha value is -2.30. The van der Waals surface area contributed by atoms with Gasteiger partial charge in [-0.05, 0) is 24.8 Å². The maximum atomic E-state index is 11.3. The lowest BCUT2D eigenvalue weighted by Gasteiger charge is -2.17. The summed E-state index contributed by atoms with van der Waals surface area (Å²) in [5.41, 5.74) is 0.0871. The van der Waals surface area contributed by atoms with Crippen LogP contribution in [-0.4, -0.2) is 17.0 Å². The molecule has 1 aromatic carbocycles. The lowest BCUT2D eigenvalue weighted by molar-refractivity contribution is 0.0414. The first kappa shape index (κ1) is 9.26.